The minimum atomic E-state index is 0.523. The summed E-state index contributed by atoms with van der Waals surface area (Å²) in [6.07, 6.45) is 1.22. The number of nitrogens with zero attached hydrogens (tertiary/aromatic N) is 1. The zero-order chi connectivity index (χ0) is 14.0. The number of benzene rings is 1. The van der Waals surface area contributed by atoms with Crippen LogP contribution in [-0.2, 0) is 0 Å². The second kappa shape index (κ2) is 6.64. The Labute approximate surface area is 135 Å². The number of rotatable bonds is 3. The van der Waals surface area contributed by atoms with Crippen LogP contribution >= 0.6 is 34.2 Å². The van der Waals surface area contributed by atoms with Gasteiger partial charge in [0.1, 0.15) is 0 Å². The van der Waals surface area contributed by atoms with Crippen molar-refractivity contribution in [2.45, 2.75) is 39.3 Å². The van der Waals surface area contributed by atoms with Crippen LogP contribution in [0.4, 0.5) is 5.69 Å². The molecule has 4 heteroatoms. The summed E-state index contributed by atoms with van der Waals surface area (Å²) < 4.78 is 1.24. The van der Waals surface area contributed by atoms with E-state index in [9.17, 15) is 0 Å². The van der Waals surface area contributed by atoms with Crippen LogP contribution in [-0.4, -0.2) is 25.2 Å². The van der Waals surface area contributed by atoms with Crippen molar-refractivity contribution in [3.8, 4) is 0 Å². The summed E-state index contributed by atoms with van der Waals surface area (Å²) >= 11 is 8.44. The number of hydrogen-bond acceptors (Lipinski definition) is 2. The Morgan fingerprint density at radius 2 is 2.26 bits per heavy atom. The number of anilines is 1. The normalized spacial score (nSPS) is 25.4. The molecular weight excluding hydrogens is 371 g/mol. The molecule has 2 rings (SSSR count). The lowest BCUT2D eigenvalue weighted by molar-refractivity contribution is 0.315. The van der Waals surface area contributed by atoms with Gasteiger partial charge in [0.15, 0.2) is 0 Å². The fraction of sp³-hybridized carbons (Fsp3) is 0.600. The third-order valence-electron chi connectivity index (χ3n) is 4.15. The highest BCUT2D eigenvalue weighted by atomic mass is 127. The molecule has 19 heavy (non-hydrogen) atoms. The fourth-order valence-corrected chi connectivity index (χ4v) is 3.79. The van der Waals surface area contributed by atoms with Crippen molar-refractivity contribution < 1.29 is 0 Å². The van der Waals surface area contributed by atoms with Crippen molar-refractivity contribution in [1.82, 2.24) is 5.32 Å². The van der Waals surface area contributed by atoms with Crippen molar-refractivity contribution in [3.63, 3.8) is 0 Å². The molecule has 1 fully saturated rings. The van der Waals surface area contributed by atoms with Gasteiger partial charge in [0, 0.05) is 33.8 Å². The van der Waals surface area contributed by atoms with Crippen molar-refractivity contribution >= 4 is 39.9 Å². The molecule has 106 valence electrons. The van der Waals surface area contributed by atoms with Gasteiger partial charge in [-0.15, -0.1) is 0 Å². The molecule has 1 heterocycles. The predicted octanol–water partition coefficient (Wildman–Crippen LogP) is 4.16. The molecule has 1 saturated heterocycles. The maximum atomic E-state index is 6.06. The topological polar surface area (TPSA) is 15.3 Å². The summed E-state index contributed by atoms with van der Waals surface area (Å²) in [5, 5.41) is 4.49. The minimum Gasteiger partial charge on any atom is -0.365 e. The van der Waals surface area contributed by atoms with Crippen LogP contribution in [0, 0.1) is 9.49 Å². The van der Waals surface area contributed by atoms with E-state index in [1.54, 1.807) is 0 Å². The van der Waals surface area contributed by atoms with E-state index in [1.807, 2.05) is 12.1 Å². The molecule has 0 aliphatic carbocycles. The standard InChI is InChI=1S/C15H22ClIN2/c1-4-10(2)14-9-19(11(3)8-18-14)15-6-5-12(16)7-13(15)17/h5-7,10-11,14,18H,4,8-9H2,1-3H3. The van der Waals surface area contributed by atoms with Crippen LogP contribution in [0.2, 0.25) is 5.02 Å². The van der Waals surface area contributed by atoms with E-state index in [4.69, 9.17) is 11.6 Å². The lowest BCUT2D eigenvalue weighted by atomic mass is 9.95. The second-order valence-corrected chi connectivity index (χ2v) is 7.10. The smallest absolute Gasteiger partial charge is 0.0506 e. The van der Waals surface area contributed by atoms with Crippen molar-refractivity contribution in [1.29, 1.82) is 0 Å². The summed E-state index contributed by atoms with van der Waals surface area (Å²) in [6, 6.07) is 7.29. The third-order valence-corrected chi connectivity index (χ3v) is 5.25. The first-order valence-electron chi connectivity index (χ1n) is 6.98. The van der Waals surface area contributed by atoms with E-state index in [0.29, 0.717) is 18.0 Å². The highest BCUT2D eigenvalue weighted by molar-refractivity contribution is 14.1. The first-order chi connectivity index (χ1) is 9.02. The quantitative estimate of drug-likeness (QED) is 0.777. The average molecular weight is 393 g/mol. The molecular formula is C15H22ClIN2. The first-order valence-corrected chi connectivity index (χ1v) is 8.43. The Morgan fingerprint density at radius 3 is 2.89 bits per heavy atom. The average Bonchev–Trinajstić information content (AvgIpc) is 2.39. The van der Waals surface area contributed by atoms with E-state index >= 15 is 0 Å². The molecule has 0 amide bonds. The fourth-order valence-electron chi connectivity index (χ4n) is 2.60. The van der Waals surface area contributed by atoms with Crippen molar-refractivity contribution in [2.75, 3.05) is 18.0 Å². The van der Waals surface area contributed by atoms with Gasteiger partial charge in [-0.2, -0.15) is 0 Å². The molecule has 3 atom stereocenters. The zero-order valence-electron chi connectivity index (χ0n) is 11.8. The number of halogens is 2. The number of hydrogen-bond donors (Lipinski definition) is 1. The highest BCUT2D eigenvalue weighted by Gasteiger charge is 2.28. The van der Waals surface area contributed by atoms with Gasteiger partial charge in [0.25, 0.3) is 0 Å². The van der Waals surface area contributed by atoms with Crippen LogP contribution in [0.25, 0.3) is 0 Å². The van der Waals surface area contributed by atoms with Crippen LogP contribution in [0.3, 0.4) is 0 Å². The molecule has 1 aliphatic rings. The molecule has 3 unspecified atom stereocenters. The molecule has 1 aliphatic heterocycles. The van der Waals surface area contributed by atoms with E-state index in [1.165, 1.54) is 15.7 Å². The molecule has 0 spiro atoms. The molecule has 0 bridgehead atoms. The Balaban J connectivity index is 2.21. The largest absolute Gasteiger partial charge is 0.365 e. The van der Waals surface area contributed by atoms with Crippen molar-refractivity contribution in [2.24, 2.45) is 5.92 Å². The van der Waals surface area contributed by atoms with E-state index in [0.717, 1.165) is 18.1 Å². The van der Waals surface area contributed by atoms with E-state index in [2.05, 4.69) is 59.6 Å². The van der Waals surface area contributed by atoms with Gasteiger partial charge < -0.3 is 10.2 Å². The Hall–Kier alpha value is -0.0000000000000000763. The first kappa shape index (κ1) is 15.4. The van der Waals surface area contributed by atoms with Crippen LogP contribution in [0.5, 0.6) is 0 Å². The summed E-state index contributed by atoms with van der Waals surface area (Å²) in [7, 11) is 0. The van der Waals surface area contributed by atoms with Gasteiger partial charge in [-0.3, -0.25) is 0 Å². The summed E-state index contributed by atoms with van der Waals surface area (Å²) in [4.78, 5) is 2.52. The van der Waals surface area contributed by atoms with Gasteiger partial charge in [0.05, 0.1) is 5.69 Å². The van der Waals surface area contributed by atoms with E-state index in [-0.39, 0.29) is 0 Å². The summed E-state index contributed by atoms with van der Waals surface area (Å²) in [6.45, 7) is 9.01. The van der Waals surface area contributed by atoms with Crippen LogP contribution in [0.15, 0.2) is 18.2 Å². The molecule has 0 radical (unpaired) electrons. The van der Waals surface area contributed by atoms with Gasteiger partial charge in [-0.05, 0) is 53.6 Å². The maximum Gasteiger partial charge on any atom is 0.0506 e. The van der Waals surface area contributed by atoms with Gasteiger partial charge in [0.2, 0.25) is 0 Å². The van der Waals surface area contributed by atoms with Gasteiger partial charge in [-0.25, -0.2) is 0 Å². The third kappa shape index (κ3) is 3.56. The minimum absolute atomic E-state index is 0.523. The predicted molar refractivity (Wildman–Crippen MR) is 92.2 cm³/mol. The Morgan fingerprint density at radius 1 is 1.53 bits per heavy atom. The van der Waals surface area contributed by atoms with Crippen molar-refractivity contribution in [3.05, 3.63) is 26.8 Å². The molecule has 1 N–H and O–H groups in total. The summed E-state index contributed by atoms with van der Waals surface area (Å²) in [5.41, 5.74) is 1.31. The lowest BCUT2D eigenvalue weighted by Crippen LogP contribution is -2.57. The molecule has 0 aromatic heterocycles. The SMILES string of the molecule is CCC(C)C1CN(c2ccc(Cl)cc2I)C(C)CN1. The zero-order valence-corrected chi connectivity index (χ0v) is 14.7. The lowest BCUT2D eigenvalue weighted by Gasteiger charge is -2.42. The molecule has 2 nitrogen and oxygen atoms in total. The molecule has 1 aromatic carbocycles. The summed E-state index contributed by atoms with van der Waals surface area (Å²) in [5.74, 6) is 0.708. The Bertz CT molecular complexity index is 438. The number of piperazine rings is 1. The van der Waals surface area contributed by atoms with Gasteiger partial charge >= 0.3 is 0 Å². The maximum absolute atomic E-state index is 6.06. The number of nitrogens with one attached hydrogen (secondary N) is 1. The monoisotopic (exact) mass is 392 g/mol. The van der Waals surface area contributed by atoms with E-state index < -0.39 is 0 Å². The van der Waals surface area contributed by atoms with Gasteiger partial charge in [-0.1, -0.05) is 31.9 Å². The van der Waals surface area contributed by atoms with Crippen LogP contribution in [0.1, 0.15) is 27.2 Å². The molecule has 1 aromatic rings. The van der Waals surface area contributed by atoms with Crippen LogP contribution < -0.4 is 10.2 Å². The Kier molecular flexibility index (Phi) is 5.37. The highest BCUT2D eigenvalue weighted by Crippen LogP contribution is 2.29. The molecule has 0 saturated carbocycles. The second-order valence-electron chi connectivity index (χ2n) is 5.50.